The van der Waals surface area contributed by atoms with Crippen LogP contribution in [0.1, 0.15) is 5.56 Å². The highest BCUT2D eigenvalue weighted by molar-refractivity contribution is 5.93. The van der Waals surface area contributed by atoms with Gasteiger partial charge >= 0.3 is 12.4 Å². The summed E-state index contributed by atoms with van der Waals surface area (Å²) in [4.78, 5) is 11.9. The Bertz CT molecular complexity index is 774. The number of anilines is 1. The molecule has 146 valence electrons. The molecule has 0 heterocycles. The average molecular weight is 393 g/mol. The highest BCUT2D eigenvalue weighted by Gasteiger charge is 2.32. The molecule has 0 fully saturated rings. The first-order valence-corrected chi connectivity index (χ1v) is 7.43. The Morgan fingerprint density at radius 1 is 0.926 bits per heavy atom. The van der Waals surface area contributed by atoms with Crippen molar-refractivity contribution < 1.29 is 40.6 Å². The van der Waals surface area contributed by atoms with Crippen LogP contribution in [0.25, 0.3) is 0 Å². The summed E-state index contributed by atoms with van der Waals surface area (Å²) in [6.45, 7) is -2.28. The van der Waals surface area contributed by atoms with Crippen LogP contribution in [0.2, 0.25) is 0 Å². The molecule has 2 aromatic carbocycles. The van der Waals surface area contributed by atoms with Crippen molar-refractivity contribution in [1.82, 2.24) is 0 Å². The first kappa shape index (κ1) is 20.4. The maximum absolute atomic E-state index is 12.8. The zero-order chi connectivity index (χ0) is 20.1. The summed E-state index contributed by atoms with van der Waals surface area (Å²) in [6, 6.07) is 9.85. The zero-order valence-corrected chi connectivity index (χ0v) is 13.5. The fraction of sp³-hybridized carbons (Fsp3) is 0.235. The summed E-state index contributed by atoms with van der Waals surface area (Å²) in [5.41, 5.74) is -1.70. The van der Waals surface area contributed by atoms with Gasteiger partial charge in [-0.2, -0.15) is 26.3 Å². The minimum Gasteiger partial charge on any atom is -0.484 e. The largest absolute Gasteiger partial charge is 0.484 e. The van der Waals surface area contributed by atoms with Gasteiger partial charge in [0.15, 0.2) is 13.2 Å². The highest BCUT2D eigenvalue weighted by atomic mass is 19.4. The Balaban J connectivity index is 2.14. The molecule has 0 bridgehead atoms. The van der Waals surface area contributed by atoms with Crippen molar-refractivity contribution in [2.75, 3.05) is 18.5 Å². The van der Waals surface area contributed by atoms with Gasteiger partial charge in [-0.25, -0.2) is 0 Å². The summed E-state index contributed by atoms with van der Waals surface area (Å²) in [5, 5.41) is 2.07. The van der Waals surface area contributed by atoms with E-state index in [0.29, 0.717) is 23.9 Å². The zero-order valence-electron chi connectivity index (χ0n) is 13.5. The van der Waals surface area contributed by atoms with E-state index >= 15 is 0 Å². The van der Waals surface area contributed by atoms with E-state index in [-0.39, 0.29) is 0 Å². The van der Waals surface area contributed by atoms with Crippen LogP contribution in [0, 0.1) is 0 Å². The van der Waals surface area contributed by atoms with Gasteiger partial charge in [-0.05, 0) is 30.3 Å². The minimum absolute atomic E-state index is 0.338. The van der Waals surface area contributed by atoms with Gasteiger partial charge < -0.3 is 14.8 Å². The van der Waals surface area contributed by atoms with Crippen LogP contribution in [0.4, 0.5) is 32.0 Å². The fourth-order valence-electron chi connectivity index (χ4n) is 1.94. The van der Waals surface area contributed by atoms with Crippen molar-refractivity contribution in [3.63, 3.8) is 0 Å². The molecular weight excluding hydrogens is 380 g/mol. The quantitative estimate of drug-likeness (QED) is 0.726. The second-order valence-corrected chi connectivity index (χ2v) is 5.26. The Morgan fingerprint density at radius 2 is 1.59 bits per heavy atom. The van der Waals surface area contributed by atoms with Crippen LogP contribution >= 0.6 is 0 Å². The third-order valence-corrected chi connectivity index (χ3v) is 3.09. The minimum atomic E-state index is -4.75. The SMILES string of the molecule is O=C(COc1ccccc1)Nc1cc(C(F)(F)F)ccc1OCC(F)(F)F. The molecule has 4 nitrogen and oxygen atoms in total. The molecule has 0 aliphatic carbocycles. The lowest BCUT2D eigenvalue weighted by Gasteiger charge is -2.16. The molecule has 10 heteroatoms. The molecule has 0 radical (unpaired) electrons. The van der Waals surface area contributed by atoms with Gasteiger partial charge in [0.05, 0.1) is 11.3 Å². The molecule has 2 rings (SSSR count). The predicted molar refractivity (Wildman–Crippen MR) is 83.6 cm³/mol. The first-order chi connectivity index (χ1) is 12.5. The third-order valence-electron chi connectivity index (χ3n) is 3.09. The molecule has 0 unspecified atom stereocenters. The standard InChI is InChI=1S/C17H13F6NO3/c18-16(19,20)10-27-14-7-6-11(17(21,22)23)8-13(14)24-15(25)9-26-12-4-2-1-3-5-12/h1-8H,9-10H2,(H,24,25). The normalized spacial score (nSPS) is 11.8. The van der Waals surface area contributed by atoms with Gasteiger partial charge in [0.2, 0.25) is 0 Å². The Kier molecular flexibility index (Phi) is 6.19. The number of benzene rings is 2. The lowest BCUT2D eigenvalue weighted by atomic mass is 10.1. The molecule has 2 aromatic rings. The van der Waals surface area contributed by atoms with E-state index in [0.717, 1.165) is 0 Å². The van der Waals surface area contributed by atoms with E-state index in [1.54, 1.807) is 30.3 Å². The number of para-hydroxylation sites is 1. The molecule has 0 atom stereocenters. The van der Waals surface area contributed by atoms with Crippen LogP contribution in [0.15, 0.2) is 48.5 Å². The van der Waals surface area contributed by atoms with Gasteiger partial charge in [0, 0.05) is 0 Å². The monoisotopic (exact) mass is 393 g/mol. The first-order valence-electron chi connectivity index (χ1n) is 7.43. The van der Waals surface area contributed by atoms with Gasteiger partial charge in [-0.1, -0.05) is 18.2 Å². The van der Waals surface area contributed by atoms with Gasteiger partial charge in [0.1, 0.15) is 11.5 Å². The topological polar surface area (TPSA) is 47.6 Å². The maximum atomic E-state index is 12.8. The number of hydrogen-bond acceptors (Lipinski definition) is 3. The van der Waals surface area contributed by atoms with Crippen LogP contribution in [0.3, 0.4) is 0 Å². The summed E-state index contributed by atoms with van der Waals surface area (Å²) < 4.78 is 85.0. The van der Waals surface area contributed by atoms with Crippen LogP contribution in [-0.4, -0.2) is 25.3 Å². The summed E-state index contributed by atoms with van der Waals surface area (Å²) in [7, 11) is 0. The van der Waals surface area contributed by atoms with E-state index in [1.807, 2.05) is 0 Å². The van der Waals surface area contributed by atoms with E-state index in [9.17, 15) is 31.1 Å². The number of carbonyl (C=O) groups excluding carboxylic acids is 1. The second-order valence-electron chi connectivity index (χ2n) is 5.26. The lowest BCUT2D eigenvalue weighted by molar-refractivity contribution is -0.153. The van der Waals surface area contributed by atoms with Crippen molar-refractivity contribution in [1.29, 1.82) is 0 Å². The maximum Gasteiger partial charge on any atom is 0.422 e. The van der Waals surface area contributed by atoms with Gasteiger partial charge in [-0.3, -0.25) is 4.79 Å². The van der Waals surface area contributed by atoms with Crippen molar-refractivity contribution >= 4 is 11.6 Å². The molecule has 1 N–H and O–H groups in total. The summed E-state index contributed by atoms with van der Waals surface area (Å²) in [6.07, 6.45) is -9.44. The Hall–Kier alpha value is -2.91. The summed E-state index contributed by atoms with van der Waals surface area (Å²) >= 11 is 0. The van der Waals surface area contributed by atoms with Crippen molar-refractivity contribution in [2.24, 2.45) is 0 Å². The Labute approximate surface area is 149 Å². The molecule has 0 aliphatic rings. The van der Waals surface area contributed by atoms with Crippen molar-refractivity contribution in [3.05, 3.63) is 54.1 Å². The van der Waals surface area contributed by atoms with Crippen LogP contribution < -0.4 is 14.8 Å². The second kappa shape index (κ2) is 8.19. The van der Waals surface area contributed by atoms with E-state index < -0.39 is 48.5 Å². The number of nitrogens with one attached hydrogen (secondary N) is 1. The van der Waals surface area contributed by atoms with Gasteiger partial charge in [-0.15, -0.1) is 0 Å². The van der Waals surface area contributed by atoms with Gasteiger partial charge in [0.25, 0.3) is 5.91 Å². The Morgan fingerprint density at radius 3 is 2.19 bits per heavy atom. The highest BCUT2D eigenvalue weighted by Crippen LogP contribution is 2.35. The van der Waals surface area contributed by atoms with E-state index in [4.69, 9.17) is 4.74 Å². The molecule has 0 aliphatic heterocycles. The van der Waals surface area contributed by atoms with Crippen molar-refractivity contribution in [3.8, 4) is 11.5 Å². The molecule has 0 aromatic heterocycles. The number of hydrogen-bond donors (Lipinski definition) is 1. The number of amides is 1. The molecule has 27 heavy (non-hydrogen) atoms. The number of halogens is 6. The smallest absolute Gasteiger partial charge is 0.422 e. The predicted octanol–water partition coefficient (Wildman–Crippen LogP) is 4.66. The number of rotatable bonds is 6. The molecule has 0 saturated heterocycles. The third kappa shape index (κ3) is 6.72. The van der Waals surface area contributed by atoms with E-state index in [1.165, 1.54) is 0 Å². The fourth-order valence-corrected chi connectivity index (χ4v) is 1.94. The number of carbonyl (C=O) groups is 1. The molecule has 0 saturated carbocycles. The molecule has 0 spiro atoms. The number of ether oxygens (including phenoxy) is 2. The lowest BCUT2D eigenvalue weighted by Crippen LogP contribution is -2.23. The van der Waals surface area contributed by atoms with E-state index in [2.05, 4.69) is 10.1 Å². The average Bonchev–Trinajstić information content (AvgIpc) is 2.58. The molecule has 1 amide bonds. The number of alkyl halides is 6. The summed E-state index contributed by atoms with van der Waals surface area (Å²) in [5.74, 6) is -1.08. The van der Waals surface area contributed by atoms with Crippen LogP contribution in [0.5, 0.6) is 11.5 Å². The molecular formula is C17H13F6NO3. The van der Waals surface area contributed by atoms with Crippen LogP contribution in [-0.2, 0) is 11.0 Å². The van der Waals surface area contributed by atoms with Crippen molar-refractivity contribution in [2.45, 2.75) is 12.4 Å².